The van der Waals surface area contributed by atoms with Gasteiger partial charge in [-0.25, -0.2) is 4.98 Å². The number of aromatic nitrogens is 2. The van der Waals surface area contributed by atoms with E-state index < -0.39 is 0 Å². The second-order valence-corrected chi connectivity index (χ2v) is 5.16. The van der Waals surface area contributed by atoms with Crippen molar-refractivity contribution in [3.8, 4) is 0 Å². The number of nitrogens with zero attached hydrogens (tertiary/aromatic N) is 2. The minimum atomic E-state index is 0.355. The molecule has 2 aromatic rings. The molecule has 5 heteroatoms. The lowest BCUT2D eigenvalue weighted by atomic mass is 10.2. The fourth-order valence-electron chi connectivity index (χ4n) is 1.72. The molecule has 0 aliphatic heterocycles. The van der Waals surface area contributed by atoms with Gasteiger partial charge in [-0.2, -0.15) is 4.98 Å². The van der Waals surface area contributed by atoms with Crippen molar-refractivity contribution in [1.29, 1.82) is 0 Å². The number of anilines is 2. The molecule has 2 aromatic heterocycles. The maximum atomic E-state index is 4.40. The van der Waals surface area contributed by atoms with Crippen LogP contribution in [-0.4, -0.2) is 22.6 Å². The predicted molar refractivity (Wildman–Crippen MR) is 77.3 cm³/mol. The fraction of sp³-hybridized carbons (Fsp3) is 0.385. The van der Waals surface area contributed by atoms with Gasteiger partial charge in [0.25, 0.3) is 0 Å². The molecule has 0 fully saturated rings. The normalized spacial score (nSPS) is 12.1. The van der Waals surface area contributed by atoms with Crippen molar-refractivity contribution in [1.82, 2.24) is 9.97 Å². The zero-order valence-electron chi connectivity index (χ0n) is 10.7. The maximum Gasteiger partial charge on any atom is 0.224 e. The molecule has 0 saturated heterocycles. The molecule has 0 amide bonds. The first-order valence-corrected chi connectivity index (χ1v) is 7.01. The zero-order valence-corrected chi connectivity index (χ0v) is 11.5. The van der Waals surface area contributed by atoms with Gasteiger partial charge in [-0.05, 0) is 31.4 Å². The molecule has 2 heterocycles. The SMILES string of the molecule is CCNc1nccc(NC(C)Cc2cccs2)n1. The number of hydrogen-bond donors (Lipinski definition) is 2. The minimum absolute atomic E-state index is 0.355. The van der Waals surface area contributed by atoms with Crippen LogP contribution in [0.25, 0.3) is 0 Å². The highest BCUT2D eigenvalue weighted by atomic mass is 32.1. The van der Waals surface area contributed by atoms with E-state index in [9.17, 15) is 0 Å². The molecular weight excluding hydrogens is 244 g/mol. The Kier molecular flexibility index (Phi) is 4.52. The van der Waals surface area contributed by atoms with Crippen LogP contribution >= 0.6 is 11.3 Å². The molecule has 0 aliphatic rings. The van der Waals surface area contributed by atoms with Gasteiger partial charge < -0.3 is 10.6 Å². The first-order chi connectivity index (χ1) is 8.78. The molecule has 0 aromatic carbocycles. The average Bonchev–Trinajstić information content (AvgIpc) is 2.82. The van der Waals surface area contributed by atoms with Gasteiger partial charge in [0.05, 0.1) is 0 Å². The van der Waals surface area contributed by atoms with Crippen LogP contribution in [0.1, 0.15) is 18.7 Å². The summed E-state index contributed by atoms with van der Waals surface area (Å²) in [6, 6.07) is 6.49. The van der Waals surface area contributed by atoms with Gasteiger partial charge in [-0.15, -0.1) is 11.3 Å². The Labute approximate surface area is 111 Å². The highest BCUT2D eigenvalue weighted by Gasteiger charge is 2.06. The van der Waals surface area contributed by atoms with Gasteiger partial charge in [0.1, 0.15) is 5.82 Å². The van der Waals surface area contributed by atoms with Gasteiger partial charge >= 0.3 is 0 Å². The maximum absolute atomic E-state index is 4.40. The Morgan fingerprint density at radius 1 is 1.39 bits per heavy atom. The zero-order chi connectivity index (χ0) is 12.8. The van der Waals surface area contributed by atoms with Crippen LogP contribution in [0.5, 0.6) is 0 Å². The lowest BCUT2D eigenvalue weighted by Gasteiger charge is -2.14. The van der Waals surface area contributed by atoms with Crippen LogP contribution in [-0.2, 0) is 6.42 Å². The van der Waals surface area contributed by atoms with E-state index in [1.54, 1.807) is 17.5 Å². The predicted octanol–water partition coefficient (Wildman–Crippen LogP) is 3.01. The Morgan fingerprint density at radius 2 is 2.28 bits per heavy atom. The molecule has 0 aliphatic carbocycles. The molecule has 96 valence electrons. The van der Waals surface area contributed by atoms with Crippen molar-refractivity contribution >= 4 is 23.1 Å². The Balaban J connectivity index is 1.93. The van der Waals surface area contributed by atoms with Crippen molar-refractivity contribution < 1.29 is 0 Å². The van der Waals surface area contributed by atoms with Crippen molar-refractivity contribution in [2.45, 2.75) is 26.3 Å². The van der Waals surface area contributed by atoms with E-state index in [2.05, 4.69) is 45.0 Å². The number of hydrogen-bond acceptors (Lipinski definition) is 5. The summed E-state index contributed by atoms with van der Waals surface area (Å²) >= 11 is 1.79. The minimum Gasteiger partial charge on any atom is -0.367 e. The second-order valence-electron chi connectivity index (χ2n) is 4.12. The molecule has 18 heavy (non-hydrogen) atoms. The number of rotatable bonds is 6. The van der Waals surface area contributed by atoms with Crippen LogP contribution in [0.4, 0.5) is 11.8 Å². The van der Waals surface area contributed by atoms with Gasteiger partial charge in [0, 0.05) is 30.1 Å². The van der Waals surface area contributed by atoms with Crippen molar-refractivity contribution in [2.24, 2.45) is 0 Å². The third-order valence-corrected chi connectivity index (χ3v) is 3.37. The summed E-state index contributed by atoms with van der Waals surface area (Å²) in [5.41, 5.74) is 0. The summed E-state index contributed by atoms with van der Waals surface area (Å²) in [5, 5.41) is 8.61. The van der Waals surface area contributed by atoms with Crippen molar-refractivity contribution in [3.63, 3.8) is 0 Å². The standard InChI is InChI=1S/C13H18N4S/c1-3-14-13-15-7-6-12(17-13)16-10(2)9-11-5-4-8-18-11/h4-8,10H,3,9H2,1-2H3,(H2,14,15,16,17). The number of thiophene rings is 1. The van der Waals surface area contributed by atoms with Crippen LogP contribution in [0.2, 0.25) is 0 Å². The lowest BCUT2D eigenvalue weighted by Crippen LogP contribution is -2.18. The smallest absolute Gasteiger partial charge is 0.224 e. The van der Waals surface area contributed by atoms with E-state index in [0.29, 0.717) is 12.0 Å². The molecule has 0 saturated carbocycles. The monoisotopic (exact) mass is 262 g/mol. The van der Waals surface area contributed by atoms with Crippen LogP contribution < -0.4 is 10.6 Å². The molecule has 1 atom stereocenters. The molecule has 1 unspecified atom stereocenters. The van der Waals surface area contributed by atoms with Crippen LogP contribution in [0, 0.1) is 0 Å². The first-order valence-electron chi connectivity index (χ1n) is 6.13. The molecule has 0 spiro atoms. The molecule has 0 bridgehead atoms. The molecule has 0 radical (unpaired) electrons. The molecular formula is C13H18N4S. The quantitative estimate of drug-likeness (QED) is 0.840. The van der Waals surface area contributed by atoms with Gasteiger partial charge in [0.2, 0.25) is 5.95 Å². The third-order valence-electron chi connectivity index (χ3n) is 2.47. The van der Waals surface area contributed by atoms with E-state index in [0.717, 1.165) is 18.8 Å². The van der Waals surface area contributed by atoms with Gasteiger partial charge in [0.15, 0.2) is 0 Å². The van der Waals surface area contributed by atoms with Gasteiger partial charge in [-0.3, -0.25) is 0 Å². The third kappa shape index (κ3) is 3.70. The van der Waals surface area contributed by atoms with Gasteiger partial charge in [-0.1, -0.05) is 6.07 Å². The molecule has 2 rings (SSSR count). The summed E-state index contributed by atoms with van der Waals surface area (Å²) in [6.45, 7) is 5.02. The van der Waals surface area contributed by atoms with E-state index >= 15 is 0 Å². The van der Waals surface area contributed by atoms with E-state index in [4.69, 9.17) is 0 Å². The lowest BCUT2D eigenvalue weighted by molar-refractivity contribution is 0.793. The summed E-state index contributed by atoms with van der Waals surface area (Å²) in [5.74, 6) is 1.54. The summed E-state index contributed by atoms with van der Waals surface area (Å²) in [6.07, 6.45) is 2.78. The Bertz CT molecular complexity index is 470. The van der Waals surface area contributed by atoms with Crippen LogP contribution in [0.15, 0.2) is 29.8 Å². The molecule has 4 nitrogen and oxygen atoms in total. The fourth-order valence-corrected chi connectivity index (χ4v) is 2.55. The average molecular weight is 262 g/mol. The largest absolute Gasteiger partial charge is 0.367 e. The Morgan fingerprint density at radius 3 is 3.00 bits per heavy atom. The second kappa shape index (κ2) is 6.35. The van der Waals surface area contributed by atoms with E-state index in [1.165, 1.54) is 4.88 Å². The summed E-state index contributed by atoms with van der Waals surface area (Å²) in [7, 11) is 0. The van der Waals surface area contributed by atoms with E-state index in [1.807, 2.05) is 13.0 Å². The highest BCUT2D eigenvalue weighted by molar-refractivity contribution is 7.09. The summed E-state index contributed by atoms with van der Waals surface area (Å²) in [4.78, 5) is 9.94. The van der Waals surface area contributed by atoms with Crippen molar-refractivity contribution in [3.05, 3.63) is 34.7 Å². The highest BCUT2D eigenvalue weighted by Crippen LogP contribution is 2.14. The Hall–Kier alpha value is -1.62. The van der Waals surface area contributed by atoms with Crippen molar-refractivity contribution in [2.75, 3.05) is 17.2 Å². The van der Waals surface area contributed by atoms with Crippen LogP contribution in [0.3, 0.4) is 0 Å². The summed E-state index contributed by atoms with van der Waals surface area (Å²) < 4.78 is 0. The number of nitrogens with one attached hydrogen (secondary N) is 2. The topological polar surface area (TPSA) is 49.8 Å². The first kappa shape index (κ1) is 12.8. The van der Waals surface area contributed by atoms with E-state index in [-0.39, 0.29) is 0 Å². The molecule has 2 N–H and O–H groups in total.